The fourth-order valence-electron chi connectivity index (χ4n) is 4.33. The summed E-state index contributed by atoms with van der Waals surface area (Å²) < 4.78 is 5.82. The first-order valence-corrected chi connectivity index (χ1v) is 9.65. The number of carbonyl (C=O) groups is 2. The molecule has 3 aliphatic rings. The van der Waals surface area contributed by atoms with Gasteiger partial charge in [0, 0.05) is 31.5 Å². The van der Waals surface area contributed by atoms with Gasteiger partial charge in [-0.3, -0.25) is 9.69 Å². The lowest BCUT2D eigenvalue weighted by Crippen LogP contribution is -2.58. The van der Waals surface area contributed by atoms with Crippen molar-refractivity contribution in [3.63, 3.8) is 0 Å². The van der Waals surface area contributed by atoms with E-state index in [1.54, 1.807) is 6.07 Å². The predicted molar refractivity (Wildman–Crippen MR) is 102 cm³/mol. The van der Waals surface area contributed by atoms with Gasteiger partial charge in [-0.05, 0) is 30.4 Å². The molecular weight excluding hydrogens is 381 g/mol. The number of aromatic carboxylic acids is 1. The second-order valence-electron chi connectivity index (χ2n) is 8.05. The predicted octanol–water partition coefficient (Wildman–Crippen LogP) is -1.30. The zero-order valence-corrected chi connectivity index (χ0v) is 15.7. The fraction of sp³-hybridized carbons (Fsp3) is 0.556. The van der Waals surface area contributed by atoms with Crippen LogP contribution in [0.2, 0.25) is 5.82 Å². The highest BCUT2D eigenvalue weighted by Crippen LogP contribution is 2.56. The largest absolute Gasteiger partial charge is 0.507 e. The number of ether oxygens (including phenoxy) is 1. The van der Waals surface area contributed by atoms with Crippen molar-refractivity contribution in [1.82, 2.24) is 10.2 Å². The summed E-state index contributed by atoms with van der Waals surface area (Å²) in [6.07, 6.45) is 0.889. The molecule has 1 aliphatic carbocycles. The van der Waals surface area contributed by atoms with E-state index in [1.165, 1.54) is 6.07 Å². The highest BCUT2D eigenvalue weighted by atomic mass is 16.5. The quantitative estimate of drug-likeness (QED) is 0.302. The topological polar surface area (TPSA) is 166 Å². The van der Waals surface area contributed by atoms with Crippen LogP contribution in [0.4, 0.5) is 0 Å². The van der Waals surface area contributed by atoms with Crippen LogP contribution in [-0.4, -0.2) is 82.0 Å². The maximum absolute atomic E-state index is 11.7. The summed E-state index contributed by atoms with van der Waals surface area (Å²) in [6.45, 7) is 1.83. The van der Waals surface area contributed by atoms with E-state index in [0.29, 0.717) is 38.0 Å². The van der Waals surface area contributed by atoms with Crippen LogP contribution in [0.1, 0.15) is 34.7 Å². The number of primary amides is 1. The Morgan fingerprint density at radius 1 is 1.24 bits per heavy atom. The van der Waals surface area contributed by atoms with Crippen molar-refractivity contribution in [2.24, 2.45) is 5.73 Å². The molecule has 0 aromatic heterocycles. The summed E-state index contributed by atoms with van der Waals surface area (Å²) in [5, 5.41) is 41.6. The number of aromatic hydroxyl groups is 1. The number of nitrogens with zero attached hydrogens (tertiary/aromatic N) is 1. The molecule has 11 heteroatoms. The van der Waals surface area contributed by atoms with Crippen molar-refractivity contribution in [3.8, 4) is 11.5 Å². The maximum Gasteiger partial charge on any atom is 0.455 e. The van der Waals surface area contributed by atoms with Gasteiger partial charge in [-0.2, -0.15) is 0 Å². The van der Waals surface area contributed by atoms with Crippen LogP contribution >= 0.6 is 0 Å². The molecular formula is C18H24BN3O7. The molecule has 4 rings (SSSR count). The van der Waals surface area contributed by atoms with Gasteiger partial charge >= 0.3 is 13.1 Å². The Kier molecular flexibility index (Phi) is 5.15. The van der Waals surface area contributed by atoms with Gasteiger partial charge in [0.25, 0.3) is 0 Å². The number of carboxylic acid groups (broad SMARTS) is 1. The molecule has 1 aromatic carbocycles. The van der Waals surface area contributed by atoms with Crippen molar-refractivity contribution in [3.05, 3.63) is 23.3 Å². The zero-order valence-electron chi connectivity index (χ0n) is 15.7. The van der Waals surface area contributed by atoms with Crippen LogP contribution in [0.15, 0.2) is 12.1 Å². The number of carboxylic acids is 1. The van der Waals surface area contributed by atoms with Crippen LogP contribution in [0.5, 0.6) is 11.5 Å². The minimum absolute atomic E-state index is 0.0877. The lowest BCUT2D eigenvalue weighted by Gasteiger charge is -2.42. The number of hydrogen-bond acceptors (Lipinski definition) is 8. The average Bonchev–Trinajstić information content (AvgIpc) is 3.26. The fourth-order valence-corrected chi connectivity index (χ4v) is 4.33. The van der Waals surface area contributed by atoms with Gasteiger partial charge in [0.1, 0.15) is 23.2 Å². The standard InChI is InChI=1S/C18H24BN3O7/c20-17(24)13-3-8(5-21-13)22-6-9(7-22)29-14-2-1-10(11-4-12(11)19(27)28)16(23)15(14)18(25)26/h1-2,8-9,11-13,21,23,27-28H,3-7H2,(H2,20,24)(H,25,26)/t8-,11?,12+,13-/m0/s1. The van der Waals surface area contributed by atoms with E-state index in [2.05, 4.69) is 10.2 Å². The van der Waals surface area contributed by atoms with E-state index in [9.17, 15) is 29.9 Å². The van der Waals surface area contributed by atoms with Crippen LogP contribution in [0.3, 0.4) is 0 Å². The Bertz CT molecular complexity index is 830. The number of carbonyl (C=O) groups excluding carboxylic acids is 1. The van der Waals surface area contributed by atoms with Crippen LogP contribution in [0.25, 0.3) is 0 Å². The van der Waals surface area contributed by atoms with E-state index in [-0.39, 0.29) is 47.1 Å². The normalized spacial score (nSPS) is 29.3. The Balaban J connectivity index is 1.40. The number of phenols is 1. The lowest BCUT2D eigenvalue weighted by atomic mass is 9.81. The molecule has 10 nitrogen and oxygen atoms in total. The minimum atomic E-state index is -1.50. The zero-order chi connectivity index (χ0) is 20.9. The van der Waals surface area contributed by atoms with E-state index in [1.807, 2.05) is 0 Å². The molecule has 7 N–H and O–H groups in total. The second-order valence-corrected chi connectivity index (χ2v) is 8.05. The smallest absolute Gasteiger partial charge is 0.455 e. The summed E-state index contributed by atoms with van der Waals surface area (Å²) in [7, 11) is -1.50. The average molecular weight is 405 g/mol. The third-order valence-electron chi connectivity index (χ3n) is 6.14. The van der Waals surface area contributed by atoms with Gasteiger partial charge in [0.2, 0.25) is 5.91 Å². The number of hydrogen-bond donors (Lipinski definition) is 6. The van der Waals surface area contributed by atoms with E-state index in [0.717, 1.165) is 0 Å². The first-order chi connectivity index (χ1) is 13.8. The number of benzene rings is 1. The minimum Gasteiger partial charge on any atom is -0.507 e. The molecule has 0 radical (unpaired) electrons. The van der Waals surface area contributed by atoms with Crippen molar-refractivity contribution < 1.29 is 34.6 Å². The third-order valence-corrected chi connectivity index (χ3v) is 6.14. The molecule has 1 aromatic rings. The summed E-state index contributed by atoms with van der Waals surface area (Å²) >= 11 is 0. The van der Waals surface area contributed by atoms with Gasteiger partial charge in [-0.25, -0.2) is 4.79 Å². The molecule has 1 amide bonds. The van der Waals surface area contributed by atoms with Crippen LogP contribution < -0.4 is 15.8 Å². The molecule has 0 bridgehead atoms. The third kappa shape index (κ3) is 3.78. The number of nitrogens with two attached hydrogens (primary N) is 1. The van der Waals surface area contributed by atoms with E-state index < -0.39 is 18.9 Å². The molecule has 1 saturated carbocycles. The SMILES string of the molecule is NC(=O)[C@@H]1C[C@H](N2CC(Oc3ccc(C4C[C@H]4B(O)O)c(O)c3C(=O)O)C2)CN1. The number of amides is 1. The highest BCUT2D eigenvalue weighted by Gasteiger charge is 2.48. The van der Waals surface area contributed by atoms with Crippen molar-refractivity contribution >= 4 is 19.0 Å². The molecule has 1 unspecified atom stereocenters. The molecule has 2 aliphatic heterocycles. The van der Waals surface area contributed by atoms with Crippen molar-refractivity contribution in [2.45, 2.75) is 42.8 Å². The summed E-state index contributed by atoms with van der Waals surface area (Å²) in [5.41, 5.74) is 5.40. The van der Waals surface area contributed by atoms with Crippen LogP contribution in [0, 0.1) is 0 Å². The second kappa shape index (κ2) is 7.49. The first kappa shape index (κ1) is 20.0. The number of nitrogens with one attached hydrogen (secondary N) is 1. The van der Waals surface area contributed by atoms with Crippen molar-refractivity contribution in [2.75, 3.05) is 19.6 Å². The van der Waals surface area contributed by atoms with Gasteiger partial charge in [-0.15, -0.1) is 0 Å². The Morgan fingerprint density at radius 2 is 1.97 bits per heavy atom. The van der Waals surface area contributed by atoms with E-state index in [4.69, 9.17) is 10.5 Å². The molecule has 2 saturated heterocycles. The lowest BCUT2D eigenvalue weighted by molar-refractivity contribution is -0.119. The van der Waals surface area contributed by atoms with Gasteiger partial charge in [0.15, 0.2) is 0 Å². The summed E-state index contributed by atoms with van der Waals surface area (Å²) in [5.74, 6) is -2.66. The molecule has 3 fully saturated rings. The summed E-state index contributed by atoms with van der Waals surface area (Å²) in [4.78, 5) is 25.1. The number of rotatable bonds is 7. The molecule has 4 atom stereocenters. The Labute approximate surface area is 167 Å². The Morgan fingerprint density at radius 3 is 2.52 bits per heavy atom. The maximum atomic E-state index is 11.7. The van der Waals surface area contributed by atoms with Gasteiger partial charge in [0.05, 0.1) is 6.04 Å². The molecule has 0 spiro atoms. The summed E-state index contributed by atoms with van der Waals surface area (Å²) in [6, 6.07) is 2.95. The molecule has 2 heterocycles. The van der Waals surface area contributed by atoms with Crippen molar-refractivity contribution in [1.29, 1.82) is 0 Å². The van der Waals surface area contributed by atoms with E-state index >= 15 is 0 Å². The van der Waals surface area contributed by atoms with Crippen LogP contribution in [-0.2, 0) is 4.79 Å². The molecule has 156 valence electrons. The number of likely N-dealkylation sites (tertiary alicyclic amines) is 1. The first-order valence-electron chi connectivity index (χ1n) is 9.65. The monoisotopic (exact) mass is 405 g/mol. The van der Waals surface area contributed by atoms with Gasteiger partial charge < -0.3 is 36.0 Å². The van der Waals surface area contributed by atoms with Gasteiger partial charge in [-0.1, -0.05) is 6.07 Å². The molecule has 29 heavy (non-hydrogen) atoms. The highest BCUT2D eigenvalue weighted by molar-refractivity contribution is 6.44. The Hall–Kier alpha value is -2.34.